The molecule has 1 heterocycles. The molecular formula is C12H12BrN3O4. The maximum atomic E-state index is 11.9. The van der Waals surface area contributed by atoms with Gasteiger partial charge in [-0.3, -0.25) is 4.79 Å². The van der Waals surface area contributed by atoms with Crippen LogP contribution in [-0.4, -0.2) is 28.0 Å². The van der Waals surface area contributed by atoms with Crippen LogP contribution in [0.1, 0.15) is 12.6 Å². The fourth-order valence-electron chi connectivity index (χ4n) is 1.84. The van der Waals surface area contributed by atoms with Crippen LogP contribution in [0.4, 0.5) is 4.79 Å². The van der Waals surface area contributed by atoms with Crippen LogP contribution in [0.2, 0.25) is 0 Å². The number of nitrogens with zero attached hydrogens (tertiary/aromatic N) is 1. The maximum Gasteiger partial charge on any atom is 0.404 e. The Morgan fingerprint density at radius 1 is 1.55 bits per heavy atom. The molecule has 7 nitrogen and oxygen atoms in total. The summed E-state index contributed by atoms with van der Waals surface area (Å²) >= 11 is 3.34. The summed E-state index contributed by atoms with van der Waals surface area (Å²) in [6.45, 7) is 2.22. The number of carbonyl (C=O) groups is 1. The van der Waals surface area contributed by atoms with Crippen molar-refractivity contribution in [3.05, 3.63) is 32.7 Å². The Balaban J connectivity index is 2.64. The number of H-pyrrole nitrogens is 1. The number of rotatable bonds is 4. The Morgan fingerprint density at radius 3 is 2.95 bits per heavy atom. The third kappa shape index (κ3) is 2.90. The molecule has 0 aliphatic carbocycles. The van der Waals surface area contributed by atoms with Crippen LogP contribution in [0.25, 0.3) is 10.8 Å². The molecule has 0 unspecified atom stereocenters. The lowest BCUT2D eigenvalue weighted by Crippen LogP contribution is -2.22. The predicted molar refractivity (Wildman–Crippen MR) is 76.1 cm³/mol. The zero-order chi connectivity index (χ0) is 14.7. The number of carboxylic acid groups (broad SMARTS) is 1. The summed E-state index contributed by atoms with van der Waals surface area (Å²) in [5, 5.41) is 18.0. The van der Waals surface area contributed by atoms with Crippen molar-refractivity contribution < 1.29 is 14.6 Å². The Hall–Kier alpha value is -2.09. The van der Waals surface area contributed by atoms with Crippen LogP contribution in [0.15, 0.2) is 21.4 Å². The van der Waals surface area contributed by atoms with Crippen LogP contribution in [0.3, 0.4) is 0 Å². The summed E-state index contributed by atoms with van der Waals surface area (Å²) in [4.78, 5) is 22.5. The van der Waals surface area contributed by atoms with E-state index in [2.05, 4.69) is 31.4 Å². The largest absolute Gasteiger partial charge is 0.493 e. The van der Waals surface area contributed by atoms with Crippen molar-refractivity contribution in [1.29, 1.82) is 0 Å². The first kappa shape index (κ1) is 14.3. The Labute approximate surface area is 122 Å². The molecule has 1 aromatic heterocycles. The molecule has 0 fully saturated rings. The molecule has 0 aliphatic heterocycles. The van der Waals surface area contributed by atoms with E-state index >= 15 is 0 Å². The van der Waals surface area contributed by atoms with E-state index in [4.69, 9.17) is 9.84 Å². The summed E-state index contributed by atoms with van der Waals surface area (Å²) in [7, 11) is 0. The smallest absolute Gasteiger partial charge is 0.404 e. The highest BCUT2D eigenvalue weighted by Gasteiger charge is 2.13. The number of ether oxygens (including phenoxy) is 1. The van der Waals surface area contributed by atoms with Gasteiger partial charge in [0.2, 0.25) is 0 Å². The number of nitrogens with one attached hydrogen (secondary N) is 2. The number of hydrogen-bond donors (Lipinski definition) is 3. The van der Waals surface area contributed by atoms with Crippen LogP contribution < -0.4 is 15.6 Å². The highest BCUT2D eigenvalue weighted by atomic mass is 79.9. The van der Waals surface area contributed by atoms with E-state index in [9.17, 15) is 9.59 Å². The molecule has 2 aromatic rings. The van der Waals surface area contributed by atoms with E-state index in [0.29, 0.717) is 28.8 Å². The summed E-state index contributed by atoms with van der Waals surface area (Å²) in [5.41, 5.74) is 0.0410. The van der Waals surface area contributed by atoms with Crippen LogP contribution in [-0.2, 0) is 6.54 Å². The third-order valence-electron chi connectivity index (χ3n) is 2.60. The third-order valence-corrected chi connectivity index (χ3v) is 3.06. The van der Waals surface area contributed by atoms with E-state index < -0.39 is 6.09 Å². The van der Waals surface area contributed by atoms with E-state index in [1.54, 1.807) is 12.1 Å². The first-order chi connectivity index (χ1) is 9.52. The zero-order valence-corrected chi connectivity index (χ0v) is 12.2. The molecular weight excluding hydrogens is 330 g/mol. The SMILES string of the molecule is CCOc1cc(Br)cc2c(CNC(=O)O)n[nH]c(=O)c12. The predicted octanol–water partition coefficient (Wildman–Crippen LogP) is 1.85. The molecule has 106 valence electrons. The van der Waals surface area contributed by atoms with Gasteiger partial charge in [-0.25, -0.2) is 9.89 Å². The molecule has 0 saturated carbocycles. The minimum atomic E-state index is -1.16. The van der Waals surface area contributed by atoms with Gasteiger partial charge < -0.3 is 15.2 Å². The lowest BCUT2D eigenvalue weighted by atomic mass is 10.1. The van der Waals surface area contributed by atoms with Gasteiger partial charge in [-0.05, 0) is 19.1 Å². The second kappa shape index (κ2) is 5.91. The van der Waals surface area contributed by atoms with E-state index in [1.807, 2.05) is 6.92 Å². The Bertz CT molecular complexity index is 714. The van der Waals surface area contributed by atoms with E-state index in [0.717, 1.165) is 4.47 Å². The Kier molecular flexibility index (Phi) is 4.23. The summed E-state index contributed by atoms with van der Waals surface area (Å²) in [5.74, 6) is 0.428. The van der Waals surface area contributed by atoms with Gasteiger partial charge in [0.1, 0.15) is 5.75 Å². The van der Waals surface area contributed by atoms with Crippen LogP contribution in [0, 0.1) is 0 Å². The zero-order valence-electron chi connectivity index (χ0n) is 10.6. The van der Waals surface area contributed by atoms with Gasteiger partial charge in [-0.15, -0.1) is 0 Å². The molecule has 0 atom stereocenters. The van der Waals surface area contributed by atoms with Crippen molar-refractivity contribution in [2.24, 2.45) is 0 Å². The van der Waals surface area contributed by atoms with Crippen LogP contribution >= 0.6 is 15.9 Å². The number of aromatic amines is 1. The summed E-state index contributed by atoms with van der Waals surface area (Å²) in [6.07, 6.45) is -1.16. The van der Waals surface area contributed by atoms with Gasteiger partial charge in [0.15, 0.2) is 0 Å². The highest BCUT2D eigenvalue weighted by molar-refractivity contribution is 9.10. The lowest BCUT2D eigenvalue weighted by molar-refractivity contribution is 0.194. The number of amides is 1. The highest BCUT2D eigenvalue weighted by Crippen LogP contribution is 2.29. The molecule has 0 bridgehead atoms. The molecule has 8 heteroatoms. The molecule has 1 amide bonds. The van der Waals surface area contributed by atoms with E-state index in [-0.39, 0.29) is 12.1 Å². The van der Waals surface area contributed by atoms with Crippen molar-refractivity contribution in [3.8, 4) is 5.75 Å². The summed E-state index contributed by atoms with van der Waals surface area (Å²) in [6, 6.07) is 3.40. The molecule has 3 N–H and O–H groups in total. The number of benzene rings is 1. The van der Waals surface area contributed by atoms with Gasteiger partial charge >= 0.3 is 6.09 Å². The number of halogens is 1. The van der Waals surface area contributed by atoms with Gasteiger partial charge in [0.25, 0.3) is 5.56 Å². The van der Waals surface area contributed by atoms with Gasteiger partial charge in [-0.2, -0.15) is 5.10 Å². The summed E-state index contributed by atoms with van der Waals surface area (Å²) < 4.78 is 6.17. The van der Waals surface area contributed by atoms with Gasteiger partial charge in [-0.1, -0.05) is 15.9 Å². The van der Waals surface area contributed by atoms with E-state index in [1.165, 1.54) is 0 Å². The topological polar surface area (TPSA) is 104 Å². The Morgan fingerprint density at radius 2 is 2.30 bits per heavy atom. The fraction of sp³-hybridized carbons (Fsp3) is 0.250. The van der Waals surface area contributed by atoms with Gasteiger partial charge in [0.05, 0.1) is 24.2 Å². The fourth-order valence-corrected chi connectivity index (χ4v) is 2.28. The van der Waals surface area contributed by atoms with Gasteiger partial charge in [0, 0.05) is 9.86 Å². The second-order valence-electron chi connectivity index (χ2n) is 3.92. The van der Waals surface area contributed by atoms with Crippen molar-refractivity contribution in [2.75, 3.05) is 6.61 Å². The first-order valence-corrected chi connectivity index (χ1v) is 6.62. The molecule has 2 rings (SSSR count). The molecule has 1 aromatic carbocycles. The van der Waals surface area contributed by atoms with Crippen molar-refractivity contribution in [1.82, 2.24) is 15.5 Å². The standard InChI is InChI=1S/C12H12BrN3O4/c1-2-20-9-4-6(13)3-7-8(5-14-12(18)19)15-16-11(17)10(7)9/h3-4,14H,2,5H2,1H3,(H,16,17)(H,18,19). The van der Waals surface area contributed by atoms with Crippen molar-refractivity contribution in [2.45, 2.75) is 13.5 Å². The minimum Gasteiger partial charge on any atom is -0.493 e. The first-order valence-electron chi connectivity index (χ1n) is 5.83. The number of hydrogen-bond acceptors (Lipinski definition) is 4. The average molecular weight is 342 g/mol. The molecule has 0 radical (unpaired) electrons. The monoisotopic (exact) mass is 341 g/mol. The van der Waals surface area contributed by atoms with Crippen LogP contribution in [0.5, 0.6) is 5.75 Å². The average Bonchev–Trinajstić information content (AvgIpc) is 2.37. The maximum absolute atomic E-state index is 11.9. The van der Waals surface area contributed by atoms with Crippen molar-refractivity contribution in [3.63, 3.8) is 0 Å². The normalized spacial score (nSPS) is 10.5. The minimum absolute atomic E-state index is 0.00929. The molecule has 0 spiro atoms. The quantitative estimate of drug-likeness (QED) is 0.787. The number of fused-ring (bicyclic) bond motifs is 1. The number of aromatic nitrogens is 2. The molecule has 20 heavy (non-hydrogen) atoms. The molecule has 0 saturated heterocycles. The van der Waals surface area contributed by atoms with Crippen molar-refractivity contribution >= 4 is 32.8 Å². The molecule has 0 aliphatic rings. The lowest BCUT2D eigenvalue weighted by Gasteiger charge is -2.10. The second-order valence-corrected chi connectivity index (χ2v) is 4.83.